The summed E-state index contributed by atoms with van der Waals surface area (Å²) >= 11 is 0. The minimum absolute atomic E-state index is 0.189. The second-order valence-electron chi connectivity index (χ2n) is 6.97. The maximum absolute atomic E-state index is 12.4. The number of aromatic nitrogens is 2. The van der Waals surface area contributed by atoms with Crippen LogP contribution in [0.2, 0.25) is 0 Å². The molecule has 0 aliphatic carbocycles. The predicted molar refractivity (Wildman–Crippen MR) is 117 cm³/mol. The number of rotatable bonds is 6. The lowest BCUT2D eigenvalue weighted by atomic mass is 10.2. The summed E-state index contributed by atoms with van der Waals surface area (Å²) in [7, 11) is 0. The van der Waals surface area contributed by atoms with Crippen molar-refractivity contribution in [1.82, 2.24) is 10.2 Å². The fourth-order valence-electron chi connectivity index (χ4n) is 3.26. The Balaban J connectivity index is 1.27. The summed E-state index contributed by atoms with van der Waals surface area (Å²) in [6, 6.07) is 21.9. The van der Waals surface area contributed by atoms with Crippen LogP contribution < -0.4 is 19.5 Å². The normalized spacial score (nSPS) is 12.2. The Bertz CT molecular complexity index is 1240. The van der Waals surface area contributed by atoms with Crippen molar-refractivity contribution in [2.45, 2.75) is 0 Å². The zero-order chi connectivity index (χ0) is 21.8. The molecule has 4 aromatic rings. The molecule has 0 fully saturated rings. The fraction of sp³-hybridized carbons (Fsp3) is 0.125. The van der Waals surface area contributed by atoms with Crippen molar-refractivity contribution in [2.75, 3.05) is 25.1 Å². The molecule has 1 aromatic heterocycles. The van der Waals surface area contributed by atoms with Crippen molar-refractivity contribution in [2.24, 2.45) is 0 Å². The van der Waals surface area contributed by atoms with Crippen molar-refractivity contribution in [3.63, 3.8) is 0 Å². The van der Waals surface area contributed by atoms with E-state index in [1.807, 2.05) is 42.5 Å². The first-order valence-corrected chi connectivity index (χ1v) is 10.1. The molecule has 3 aromatic carbocycles. The zero-order valence-electron chi connectivity index (χ0n) is 17.0. The summed E-state index contributed by atoms with van der Waals surface area (Å²) in [5.74, 6) is 2.14. The largest absolute Gasteiger partial charge is 0.486 e. The summed E-state index contributed by atoms with van der Waals surface area (Å²) in [6.45, 7) is 0.802. The second kappa shape index (κ2) is 8.81. The van der Waals surface area contributed by atoms with Gasteiger partial charge in [0.1, 0.15) is 19.0 Å². The smallest absolute Gasteiger partial charge is 0.262 e. The number of anilines is 1. The molecule has 1 aliphatic rings. The molecule has 8 heteroatoms. The number of carbonyl (C=O) groups excluding carboxylic acids is 1. The van der Waals surface area contributed by atoms with E-state index in [4.69, 9.17) is 18.6 Å². The lowest BCUT2D eigenvalue weighted by Crippen LogP contribution is -2.21. The molecule has 0 saturated carbocycles. The molecule has 1 amide bonds. The molecule has 8 nitrogen and oxygen atoms in total. The van der Waals surface area contributed by atoms with Gasteiger partial charge in [-0.1, -0.05) is 30.3 Å². The van der Waals surface area contributed by atoms with Gasteiger partial charge in [0.15, 0.2) is 18.1 Å². The van der Waals surface area contributed by atoms with E-state index in [9.17, 15) is 4.79 Å². The third-order valence-corrected chi connectivity index (χ3v) is 4.75. The minimum atomic E-state index is -0.313. The van der Waals surface area contributed by atoms with E-state index in [1.165, 1.54) is 0 Å². The SMILES string of the molecule is O=C(COc1ccccc1-c1nnc(-c2ccccc2)o1)Nc1ccc2c(c1)OCCO2. The third-order valence-electron chi connectivity index (χ3n) is 4.75. The van der Waals surface area contributed by atoms with Crippen LogP contribution in [0.15, 0.2) is 77.2 Å². The van der Waals surface area contributed by atoms with Crippen LogP contribution in [0.1, 0.15) is 0 Å². The lowest BCUT2D eigenvalue weighted by Gasteiger charge is -2.19. The van der Waals surface area contributed by atoms with Gasteiger partial charge in [0.05, 0.1) is 5.56 Å². The molecule has 0 spiro atoms. The maximum atomic E-state index is 12.4. The van der Waals surface area contributed by atoms with Gasteiger partial charge in [-0.2, -0.15) is 0 Å². The lowest BCUT2D eigenvalue weighted by molar-refractivity contribution is -0.118. The first-order valence-electron chi connectivity index (χ1n) is 10.1. The molecular weight excluding hydrogens is 410 g/mol. The van der Waals surface area contributed by atoms with Gasteiger partial charge in [0.2, 0.25) is 5.89 Å². The highest BCUT2D eigenvalue weighted by Crippen LogP contribution is 2.33. The Labute approximate surface area is 183 Å². The zero-order valence-corrected chi connectivity index (χ0v) is 17.0. The van der Waals surface area contributed by atoms with Crippen LogP contribution in [0.3, 0.4) is 0 Å². The number of ether oxygens (including phenoxy) is 3. The third kappa shape index (κ3) is 4.24. The first kappa shape index (κ1) is 19.6. The van der Waals surface area contributed by atoms with E-state index in [1.54, 1.807) is 30.3 Å². The summed E-state index contributed by atoms with van der Waals surface area (Å²) in [5.41, 5.74) is 2.03. The number of hydrogen-bond donors (Lipinski definition) is 1. The minimum Gasteiger partial charge on any atom is -0.486 e. The molecule has 0 saturated heterocycles. The number of fused-ring (bicyclic) bond motifs is 1. The molecular formula is C24H19N3O5. The molecule has 0 unspecified atom stereocenters. The van der Waals surface area contributed by atoms with E-state index < -0.39 is 0 Å². The molecule has 0 bridgehead atoms. The van der Waals surface area contributed by atoms with Crippen LogP contribution in [0.25, 0.3) is 22.9 Å². The monoisotopic (exact) mass is 429 g/mol. The second-order valence-corrected chi connectivity index (χ2v) is 6.97. The molecule has 32 heavy (non-hydrogen) atoms. The number of nitrogens with one attached hydrogen (secondary N) is 1. The number of hydrogen-bond acceptors (Lipinski definition) is 7. The van der Waals surface area contributed by atoms with Crippen LogP contribution >= 0.6 is 0 Å². The van der Waals surface area contributed by atoms with Gasteiger partial charge < -0.3 is 23.9 Å². The van der Waals surface area contributed by atoms with Crippen molar-refractivity contribution in [3.8, 4) is 40.2 Å². The van der Waals surface area contributed by atoms with Gasteiger partial charge >= 0.3 is 0 Å². The average molecular weight is 429 g/mol. The molecule has 5 rings (SSSR count). The van der Waals surface area contributed by atoms with Gasteiger partial charge in [0, 0.05) is 17.3 Å². The Morgan fingerprint density at radius 1 is 0.875 bits per heavy atom. The van der Waals surface area contributed by atoms with E-state index in [-0.39, 0.29) is 12.5 Å². The van der Waals surface area contributed by atoms with E-state index >= 15 is 0 Å². The Morgan fingerprint density at radius 3 is 2.50 bits per heavy atom. The van der Waals surface area contributed by atoms with Gasteiger partial charge in [-0.25, -0.2) is 0 Å². The topological polar surface area (TPSA) is 95.7 Å². The maximum Gasteiger partial charge on any atom is 0.262 e. The predicted octanol–water partition coefficient (Wildman–Crippen LogP) is 4.19. The fourth-order valence-corrected chi connectivity index (χ4v) is 3.26. The van der Waals surface area contributed by atoms with Crippen molar-refractivity contribution < 1.29 is 23.4 Å². The van der Waals surface area contributed by atoms with Crippen molar-refractivity contribution >= 4 is 11.6 Å². The molecule has 160 valence electrons. The highest BCUT2D eigenvalue weighted by Gasteiger charge is 2.16. The number of para-hydroxylation sites is 1. The van der Waals surface area contributed by atoms with Gasteiger partial charge in [0.25, 0.3) is 11.8 Å². The Hall–Kier alpha value is -4.33. The van der Waals surface area contributed by atoms with Crippen LogP contribution in [-0.4, -0.2) is 35.9 Å². The Morgan fingerprint density at radius 2 is 1.62 bits per heavy atom. The van der Waals surface area contributed by atoms with Crippen LogP contribution in [0.4, 0.5) is 5.69 Å². The number of benzene rings is 3. The number of nitrogens with zero attached hydrogens (tertiary/aromatic N) is 2. The highest BCUT2D eigenvalue weighted by atomic mass is 16.6. The molecule has 0 atom stereocenters. The van der Waals surface area contributed by atoms with Crippen LogP contribution in [0, 0.1) is 0 Å². The number of amides is 1. The molecule has 1 aliphatic heterocycles. The van der Waals surface area contributed by atoms with Gasteiger partial charge in [-0.3, -0.25) is 4.79 Å². The summed E-state index contributed by atoms with van der Waals surface area (Å²) in [4.78, 5) is 12.4. The summed E-state index contributed by atoms with van der Waals surface area (Å²) in [6.07, 6.45) is 0. The number of carbonyl (C=O) groups is 1. The van der Waals surface area contributed by atoms with E-state index in [2.05, 4.69) is 15.5 Å². The van der Waals surface area contributed by atoms with Crippen molar-refractivity contribution in [1.29, 1.82) is 0 Å². The quantitative estimate of drug-likeness (QED) is 0.491. The highest BCUT2D eigenvalue weighted by molar-refractivity contribution is 5.92. The summed E-state index contributed by atoms with van der Waals surface area (Å²) in [5, 5.41) is 11.0. The molecule has 2 heterocycles. The summed E-state index contributed by atoms with van der Waals surface area (Å²) < 4.78 is 22.6. The molecule has 0 radical (unpaired) electrons. The first-order chi connectivity index (χ1) is 15.8. The molecule has 1 N–H and O–H groups in total. The van der Waals surface area contributed by atoms with Gasteiger partial charge in [-0.05, 0) is 36.4 Å². The van der Waals surface area contributed by atoms with E-state index in [0.29, 0.717) is 53.5 Å². The van der Waals surface area contributed by atoms with Crippen molar-refractivity contribution in [3.05, 3.63) is 72.8 Å². The van der Waals surface area contributed by atoms with E-state index in [0.717, 1.165) is 5.56 Å². The van der Waals surface area contributed by atoms with Crippen LogP contribution in [-0.2, 0) is 4.79 Å². The Kier molecular flexibility index (Phi) is 5.40. The average Bonchev–Trinajstić information content (AvgIpc) is 3.34. The van der Waals surface area contributed by atoms with Gasteiger partial charge in [-0.15, -0.1) is 10.2 Å². The van der Waals surface area contributed by atoms with Crippen LogP contribution in [0.5, 0.6) is 17.2 Å². The standard InChI is InChI=1S/C24H19N3O5/c28-22(25-17-10-11-20-21(14-17)30-13-12-29-20)15-31-19-9-5-4-8-18(19)24-27-26-23(32-24)16-6-2-1-3-7-16/h1-11,14H,12-13,15H2,(H,25,28).